The molecule has 0 spiro atoms. The molecule has 0 amide bonds. The Bertz CT molecular complexity index is 482. The van der Waals surface area contributed by atoms with Crippen LogP contribution in [0.5, 0.6) is 0 Å². The summed E-state index contributed by atoms with van der Waals surface area (Å²) < 4.78 is 1.98. The smallest absolute Gasteiger partial charge is 0.195 e. The van der Waals surface area contributed by atoms with Gasteiger partial charge in [-0.15, -0.1) is 11.3 Å². The van der Waals surface area contributed by atoms with Crippen molar-refractivity contribution in [1.82, 2.24) is 14.7 Å². The van der Waals surface area contributed by atoms with Crippen molar-refractivity contribution >= 4 is 27.9 Å². The molecule has 0 saturated heterocycles. The van der Waals surface area contributed by atoms with E-state index in [-0.39, 0.29) is 6.10 Å². The van der Waals surface area contributed by atoms with Crippen molar-refractivity contribution in [3.63, 3.8) is 0 Å². The molecule has 0 radical (unpaired) electrons. The summed E-state index contributed by atoms with van der Waals surface area (Å²) >= 11 is 7.62. The number of hydrogen-bond donors (Lipinski definition) is 2. The zero-order valence-corrected chi connectivity index (χ0v) is 11.3. The van der Waals surface area contributed by atoms with Gasteiger partial charge in [0.2, 0.25) is 0 Å². The van der Waals surface area contributed by atoms with Crippen LogP contribution in [0.15, 0.2) is 11.6 Å². The van der Waals surface area contributed by atoms with Crippen LogP contribution in [0.2, 0.25) is 5.15 Å². The van der Waals surface area contributed by atoms with Gasteiger partial charge in [0, 0.05) is 24.7 Å². The summed E-state index contributed by atoms with van der Waals surface area (Å²) in [7, 11) is 0. The largest absolute Gasteiger partial charge is 0.392 e. The number of fused-ring (bicyclic) bond motifs is 1. The summed E-state index contributed by atoms with van der Waals surface area (Å²) in [5.74, 6) is 0. The van der Waals surface area contributed by atoms with Crippen LogP contribution in [-0.2, 0) is 6.54 Å². The Kier molecular flexibility index (Phi) is 4.39. The molecule has 1 atom stereocenters. The zero-order valence-electron chi connectivity index (χ0n) is 9.69. The van der Waals surface area contributed by atoms with Gasteiger partial charge >= 0.3 is 0 Å². The molecule has 6 heteroatoms. The maximum atomic E-state index is 9.60. The molecule has 2 heterocycles. The molecule has 2 aromatic heterocycles. The van der Waals surface area contributed by atoms with Gasteiger partial charge in [-0.05, 0) is 6.42 Å². The number of hydrogen-bond acceptors (Lipinski definition) is 4. The number of nitrogens with zero attached hydrogens (tertiary/aromatic N) is 2. The van der Waals surface area contributed by atoms with Gasteiger partial charge in [-0.3, -0.25) is 4.40 Å². The van der Waals surface area contributed by atoms with E-state index in [0.29, 0.717) is 18.2 Å². The van der Waals surface area contributed by atoms with Gasteiger partial charge in [0.25, 0.3) is 0 Å². The van der Waals surface area contributed by atoms with E-state index < -0.39 is 0 Å². The Balaban J connectivity index is 1.94. The van der Waals surface area contributed by atoms with Gasteiger partial charge in [-0.1, -0.05) is 24.9 Å². The van der Waals surface area contributed by atoms with Crippen LogP contribution in [0.3, 0.4) is 0 Å². The minimum absolute atomic E-state index is 0.287. The molecular formula is C11H16ClN3OS. The van der Waals surface area contributed by atoms with E-state index in [1.807, 2.05) is 16.0 Å². The summed E-state index contributed by atoms with van der Waals surface area (Å²) in [6, 6.07) is 0. The summed E-state index contributed by atoms with van der Waals surface area (Å²) in [5.41, 5.74) is 0.951. The van der Waals surface area contributed by atoms with Crippen molar-refractivity contribution in [1.29, 1.82) is 0 Å². The Morgan fingerprint density at radius 1 is 1.65 bits per heavy atom. The fraction of sp³-hybridized carbons (Fsp3) is 0.545. The molecule has 2 N–H and O–H groups in total. The van der Waals surface area contributed by atoms with Crippen molar-refractivity contribution < 1.29 is 5.11 Å². The van der Waals surface area contributed by atoms with Crippen molar-refractivity contribution in [3.05, 3.63) is 22.4 Å². The van der Waals surface area contributed by atoms with Gasteiger partial charge < -0.3 is 10.4 Å². The van der Waals surface area contributed by atoms with Crippen molar-refractivity contribution in [3.8, 4) is 0 Å². The number of aliphatic hydroxyl groups excluding tert-OH is 1. The molecule has 0 aliphatic carbocycles. The topological polar surface area (TPSA) is 49.6 Å². The first-order valence-electron chi connectivity index (χ1n) is 5.71. The number of aromatic nitrogens is 2. The van der Waals surface area contributed by atoms with Crippen LogP contribution in [-0.4, -0.2) is 27.1 Å². The first kappa shape index (κ1) is 12.8. The zero-order chi connectivity index (χ0) is 12.3. The van der Waals surface area contributed by atoms with E-state index in [1.165, 1.54) is 0 Å². The second-order valence-electron chi connectivity index (χ2n) is 3.98. The summed E-state index contributed by atoms with van der Waals surface area (Å²) in [4.78, 5) is 5.16. The molecule has 0 saturated carbocycles. The second-order valence-corrected chi connectivity index (χ2v) is 5.21. The summed E-state index contributed by atoms with van der Waals surface area (Å²) in [6.07, 6.45) is 3.48. The summed E-state index contributed by atoms with van der Waals surface area (Å²) in [5, 5.41) is 15.3. The fourth-order valence-corrected chi connectivity index (χ4v) is 2.78. The molecule has 2 rings (SSSR count). The quantitative estimate of drug-likeness (QED) is 0.849. The normalized spacial score (nSPS) is 13.4. The molecular weight excluding hydrogens is 258 g/mol. The average Bonchev–Trinajstić information content (AvgIpc) is 2.82. The van der Waals surface area contributed by atoms with Crippen LogP contribution in [0.25, 0.3) is 4.96 Å². The maximum Gasteiger partial charge on any atom is 0.195 e. The number of rotatable bonds is 6. The van der Waals surface area contributed by atoms with Gasteiger partial charge in [0.05, 0.1) is 11.8 Å². The van der Waals surface area contributed by atoms with E-state index >= 15 is 0 Å². The van der Waals surface area contributed by atoms with Crippen LogP contribution in [0, 0.1) is 0 Å². The molecule has 1 unspecified atom stereocenters. The minimum Gasteiger partial charge on any atom is -0.392 e. The lowest BCUT2D eigenvalue weighted by Gasteiger charge is -2.10. The lowest BCUT2D eigenvalue weighted by Crippen LogP contribution is -2.26. The van der Waals surface area contributed by atoms with Crippen molar-refractivity contribution in [2.45, 2.75) is 32.4 Å². The maximum absolute atomic E-state index is 9.60. The Labute approximate surface area is 109 Å². The van der Waals surface area contributed by atoms with Crippen LogP contribution >= 0.6 is 22.9 Å². The molecule has 17 heavy (non-hydrogen) atoms. The molecule has 2 aromatic rings. The van der Waals surface area contributed by atoms with Crippen molar-refractivity contribution in [2.24, 2.45) is 0 Å². The van der Waals surface area contributed by atoms with Crippen molar-refractivity contribution in [2.75, 3.05) is 6.54 Å². The lowest BCUT2D eigenvalue weighted by atomic mass is 10.2. The van der Waals surface area contributed by atoms with Gasteiger partial charge in [0.15, 0.2) is 10.1 Å². The third kappa shape index (κ3) is 2.98. The minimum atomic E-state index is -0.287. The molecule has 94 valence electrons. The lowest BCUT2D eigenvalue weighted by molar-refractivity contribution is 0.160. The number of imidazole rings is 1. The number of aliphatic hydroxyl groups is 1. The monoisotopic (exact) mass is 273 g/mol. The highest BCUT2D eigenvalue weighted by Gasteiger charge is 2.11. The van der Waals surface area contributed by atoms with E-state index in [1.54, 1.807) is 11.3 Å². The van der Waals surface area contributed by atoms with E-state index in [9.17, 15) is 5.11 Å². The molecule has 0 fully saturated rings. The fourth-order valence-electron chi connectivity index (χ4n) is 1.76. The Hall–Kier alpha value is -0.620. The molecule has 0 aliphatic rings. The molecule has 0 bridgehead atoms. The number of halogens is 1. The molecule has 4 nitrogen and oxygen atoms in total. The Morgan fingerprint density at radius 3 is 3.24 bits per heavy atom. The second kappa shape index (κ2) is 5.82. The predicted octanol–water partition coefficient (Wildman–Crippen LogP) is 2.30. The number of nitrogens with one attached hydrogen (secondary N) is 1. The SMILES string of the molecule is CCCC(O)CNCc1c(Cl)nc2sccn12. The van der Waals surface area contributed by atoms with Gasteiger partial charge in [0.1, 0.15) is 0 Å². The Morgan fingerprint density at radius 2 is 2.47 bits per heavy atom. The first-order chi connectivity index (χ1) is 8.22. The van der Waals surface area contributed by atoms with Crippen LogP contribution in [0.4, 0.5) is 0 Å². The van der Waals surface area contributed by atoms with E-state index in [4.69, 9.17) is 11.6 Å². The molecule has 0 aliphatic heterocycles. The van der Waals surface area contributed by atoms with Crippen LogP contribution in [0.1, 0.15) is 25.5 Å². The van der Waals surface area contributed by atoms with Gasteiger partial charge in [-0.25, -0.2) is 4.98 Å². The highest BCUT2D eigenvalue weighted by Crippen LogP contribution is 2.20. The standard InChI is InChI=1S/C11H16ClN3OS/c1-2-3-8(16)6-13-7-9-10(12)14-11-15(9)4-5-17-11/h4-5,8,13,16H,2-3,6-7H2,1H3. The predicted molar refractivity (Wildman–Crippen MR) is 70.7 cm³/mol. The molecule has 0 aromatic carbocycles. The van der Waals surface area contributed by atoms with E-state index in [2.05, 4.69) is 17.2 Å². The third-order valence-electron chi connectivity index (χ3n) is 2.61. The summed E-state index contributed by atoms with van der Waals surface area (Å²) in [6.45, 7) is 3.27. The van der Waals surface area contributed by atoms with Gasteiger partial charge in [-0.2, -0.15) is 0 Å². The highest BCUT2D eigenvalue weighted by atomic mass is 35.5. The third-order valence-corrected chi connectivity index (χ3v) is 3.67. The number of thiazole rings is 1. The highest BCUT2D eigenvalue weighted by molar-refractivity contribution is 7.15. The average molecular weight is 274 g/mol. The first-order valence-corrected chi connectivity index (χ1v) is 6.96. The van der Waals surface area contributed by atoms with E-state index in [0.717, 1.165) is 23.5 Å². The van der Waals surface area contributed by atoms with Crippen LogP contribution < -0.4 is 5.32 Å².